The molecule has 4 rings (SSSR count). The minimum atomic E-state index is -3.80. The van der Waals surface area contributed by atoms with E-state index in [0.29, 0.717) is 25.9 Å². The Morgan fingerprint density at radius 3 is 2.32 bits per heavy atom. The first-order valence-corrected chi connectivity index (χ1v) is 12.6. The second-order valence-electron chi connectivity index (χ2n) is 8.75. The van der Waals surface area contributed by atoms with Crippen molar-refractivity contribution in [3.8, 4) is 6.07 Å². The second kappa shape index (κ2) is 9.54. The second-order valence-corrected chi connectivity index (χ2v) is 10.7. The molecule has 2 aromatic carbocycles. The maximum absolute atomic E-state index is 13.1. The summed E-state index contributed by atoms with van der Waals surface area (Å²) in [6.45, 7) is 2.99. The minimum Gasteiger partial charge on any atom is -0.323 e. The average Bonchev–Trinajstić information content (AvgIpc) is 3.07. The first-order chi connectivity index (χ1) is 16.2. The van der Waals surface area contributed by atoms with E-state index in [9.17, 15) is 23.3 Å². The monoisotopic (exact) mass is 481 g/mol. The Labute approximate surface area is 199 Å². The van der Waals surface area contributed by atoms with Crippen LogP contribution in [0.4, 0.5) is 4.79 Å². The summed E-state index contributed by atoms with van der Waals surface area (Å²) in [5, 5.41) is 12.1. The molecule has 0 spiro atoms. The number of imide groups is 1. The lowest BCUT2D eigenvalue weighted by molar-refractivity contribution is -0.132. The molecule has 0 aliphatic carbocycles. The lowest BCUT2D eigenvalue weighted by Crippen LogP contribution is -2.53. The van der Waals surface area contributed by atoms with Crippen molar-refractivity contribution in [2.75, 3.05) is 32.8 Å². The van der Waals surface area contributed by atoms with Crippen LogP contribution in [0, 0.1) is 11.3 Å². The first-order valence-electron chi connectivity index (χ1n) is 11.1. The van der Waals surface area contributed by atoms with Crippen molar-refractivity contribution in [3.05, 3.63) is 65.7 Å². The predicted octanol–water partition coefficient (Wildman–Crippen LogP) is 1.77. The number of hydrogen-bond donors (Lipinski definition) is 1. The van der Waals surface area contributed by atoms with Crippen molar-refractivity contribution < 1.29 is 18.0 Å². The van der Waals surface area contributed by atoms with E-state index in [1.54, 1.807) is 19.1 Å². The summed E-state index contributed by atoms with van der Waals surface area (Å²) in [5.41, 5.74) is 0.234. The maximum atomic E-state index is 13.1. The van der Waals surface area contributed by atoms with Gasteiger partial charge in [-0.2, -0.15) is 9.57 Å². The predicted molar refractivity (Wildman–Crippen MR) is 125 cm³/mol. The van der Waals surface area contributed by atoms with Gasteiger partial charge in [-0.25, -0.2) is 18.1 Å². The zero-order valence-corrected chi connectivity index (χ0v) is 19.8. The number of hydrogen-bond acceptors (Lipinski definition) is 6. The summed E-state index contributed by atoms with van der Waals surface area (Å²) in [5.74, 6) is -0.272. The molecule has 1 N–H and O–H groups in total. The molecule has 2 aliphatic rings. The fourth-order valence-electron chi connectivity index (χ4n) is 4.32. The van der Waals surface area contributed by atoms with E-state index in [0.717, 1.165) is 5.56 Å². The SMILES string of the molecule is C[C@@]1(CCc2ccccc2)NC(=O)N(CN2CCN(S(=O)(=O)c3ccccc3C#N)CC2)C1=O. The molecule has 178 valence electrons. The molecule has 2 heterocycles. The maximum Gasteiger partial charge on any atom is 0.326 e. The smallest absolute Gasteiger partial charge is 0.323 e. The van der Waals surface area contributed by atoms with Gasteiger partial charge in [-0.1, -0.05) is 42.5 Å². The number of carbonyl (C=O) groups is 2. The molecule has 9 nitrogen and oxygen atoms in total. The molecule has 1 atom stereocenters. The highest BCUT2D eigenvalue weighted by molar-refractivity contribution is 7.89. The number of carbonyl (C=O) groups excluding carboxylic acids is 2. The van der Waals surface area contributed by atoms with Crippen LogP contribution in [-0.4, -0.2) is 72.8 Å². The van der Waals surface area contributed by atoms with Crippen molar-refractivity contribution >= 4 is 22.0 Å². The molecule has 3 amide bonds. The lowest BCUT2D eigenvalue weighted by Gasteiger charge is -2.35. The topological polar surface area (TPSA) is 114 Å². The highest BCUT2D eigenvalue weighted by Gasteiger charge is 2.48. The van der Waals surface area contributed by atoms with Gasteiger partial charge in [-0.15, -0.1) is 0 Å². The average molecular weight is 482 g/mol. The number of nitriles is 1. The largest absolute Gasteiger partial charge is 0.326 e. The van der Waals surface area contributed by atoms with Gasteiger partial charge in [0.15, 0.2) is 0 Å². The van der Waals surface area contributed by atoms with Crippen LogP contribution in [0.25, 0.3) is 0 Å². The molecule has 0 bridgehead atoms. The van der Waals surface area contributed by atoms with Crippen LogP contribution < -0.4 is 5.32 Å². The number of benzene rings is 2. The van der Waals surface area contributed by atoms with E-state index in [1.807, 2.05) is 41.3 Å². The molecule has 10 heteroatoms. The van der Waals surface area contributed by atoms with Gasteiger partial charge in [0, 0.05) is 26.2 Å². The number of amides is 3. The summed E-state index contributed by atoms with van der Waals surface area (Å²) in [7, 11) is -3.80. The number of sulfonamides is 1. The standard InChI is InChI=1S/C24H27N5O4S/c1-24(12-11-19-7-3-2-4-8-19)22(30)29(23(31)26-24)18-27-13-15-28(16-14-27)34(32,33)21-10-6-5-9-20(21)17-25/h2-10H,11-16,18H2,1H3,(H,26,31)/t24-/m0/s1. The molecule has 0 radical (unpaired) electrons. The molecule has 2 fully saturated rings. The van der Waals surface area contributed by atoms with E-state index < -0.39 is 21.6 Å². The third-order valence-corrected chi connectivity index (χ3v) is 8.36. The number of urea groups is 1. The van der Waals surface area contributed by atoms with Crippen molar-refractivity contribution in [2.45, 2.75) is 30.2 Å². The van der Waals surface area contributed by atoms with Crippen molar-refractivity contribution in [3.63, 3.8) is 0 Å². The van der Waals surface area contributed by atoms with Crippen LogP contribution in [-0.2, 0) is 21.2 Å². The van der Waals surface area contributed by atoms with Gasteiger partial charge in [0.2, 0.25) is 10.0 Å². The van der Waals surface area contributed by atoms with Crippen LogP contribution in [0.1, 0.15) is 24.5 Å². The van der Waals surface area contributed by atoms with Crippen LogP contribution in [0.2, 0.25) is 0 Å². The number of rotatable bonds is 7. The molecular formula is C24H27N5O4S. The van der Waals surface area contributed by atoms with Gasteiger partial charge in [-0.05, 0) is 37.5 Å². The van der Waals surface area contributed by atoms with Crippen molar-refractivity contribution in [1.82, 2.24) is 19.4 Å². The van der Waals surface area contributed by atoms with Gasteiger partial charge in [0.1, 0.15) is 11.6 Å². The number of piperazine rings is 1. The zero-order chi connectivity index (χ0) is 24.3. The van der Waals surface area contributed by atoms with Crippen LogP contribution in [0.5, 0.6) is 0 Å². The Balaban J connectivity index is 1.36. The highest BCUT2D eigenvalue weighted by Crippen LogP contribution is 2.25. The molecule has 2 saturated heterocycles. The lowest BCUT2D eigenvalue weighted by atomic mass is 9.93. The fourth-order valence-corrected chi connectivity index (χ4v) is 5.88. The molecule has 2 aliphatic heterocycles. The molecule has 0 aromatic heterocycles. The van der Waals surface area contributed by atoms with Gasteiger partial charge >= 0.3 is 6.03 Å². The van der Waals surface area contributed by atoms with Crippen LogP contribution in [0.15, 0.2) is 59.5 Å². The molecule has 0 unspecified atom stereocenters. The summed E-state index contributed by atoms with van der Waals surface area (Å²) >= 11 is 0. The van der Waals surface area contributed by atoms with Crippen LogP contribution >= 0.6 is 0 Å². The van der Waals surface area contributed by atoms with Gasteiger partial charge in [0.05, 0.1) is 17.1 Å². The molecular weight excluding hydrogens is 454 g/mol. The van der Waals surface area contributed by atoms with E-state index in [-0.39, 0.29) is 36.1 Å². The van der Waals surface area contributed by atoms with Crippen molar-refractivity contribution in [1.29, 1.82) is 5.26 Å². The number of nitrogens with zero attached hydrogens (tertiary/aromatic N) is 4. The molecule has 0 saturated carbocycles. The first kappa shape index (κ1) is 23.9. The molecule has 34 heavy (non-hydrogen) atoms. The summed E-state index contributed by atoms with van der Waals surface area (Å²) < 4.78 is 27.4. The zero-order valence-electron chi connectivity index (χ0n) is 19.0. The Bertz CT molecular complexity index is 1220. The molecule has 2 aromatic rings. The third-order valence-electron chi connectivity index (χ3n) is 6.40. The van der Waals surface area contributed by atoms with Gasteiger partial charge < -0.3 is 5.32 Å². The Kier molecular flexibility index (Phi) is 6.70. The summed E-state index contributed by atoms with van der Waals surface area (Å²) in [4.78, 5) is 28.8. The van der Waals surface area contributed by atoms with Gasteiger partial charge in [0.25, 0.3) is 5.91 Å². The van der Waals surface area contributed by atoms with E-state index >= 15 is 0 Å². The summed E-state index contributed by atoms with van der Waals surface area (Å²) in [6.07, 6.45) is 1.15. The summed E-state index contributed by atoms with van der Waals surface area (Å²) in [6, 6.07) is 17.4. The third kappa shape index (κ3) is 4.68. The number of aryl methyl sites for hydroxylation is 1. The highest BCUT2D eigenvalue weighted by atomic mass is 32.2. The van der Waals surface area contributed by atoms with E-state index in [2.05, 4.69) is 5.32 Å². The minimum absolute atomic E-state index is 0.00534. The van der Waals surface area contributed by atoms with Crippen molar-refractivity contribution in [2.24, 2.45) is 0 Å². The Hall–Kier alpha value is -3.26. The van der Waals surface area contributed by atoms with E-state index in [1.165, 1.54) is 21.3 Å². The van der Waals surface area contributed by atoms with Crippen LogP contribution in [0.3, 0.4) is 0 Å². The number of nitrogens with one attached hydrogen (secondary N) is 1. The van der Waals surface area contributed by atoms with E-state index in [4.69, 9.17) is 0 Å². The van der Waals surface area contributed by atoms with Gasteiger partial charge in [-0.3, -0.25) is 9.69 Å². The fraction of sp³-hybridized carbons (Fsp3) is 0.375. The Morgan fingerprint density at radius 1 is 1.00 bits per heavy atom. The Morgan fingerprint density at radius 2 is 1.65 bits per heavy atom. The normalized spacial score (nSPS) is 21.9. The quantitative estimate of drug-likeness (QED) is 0.603.